The second-order valence-electron chi connectivity index (χ2n) is 6.27. The lowest BCUT2D eigenvalue weighted by atomic mass is 9.93. The van der Waals surface area contributed by atoms with Crippen molar-refractivity contribution in [2.45, 2.75) is 32.9 Å². The number of aryl methyl sites for hydroxylation is 1. The van der Waals surface area contributed by atoms with Crippen molar-refractivity contribution in [2.75, 3.05) is 0 Å². The van der Waals surface area contributed by atoms with E-state index in [1.807, 2.05) is 19.1 Å². The van der Waals surface area contributed by atoms with Gasteiger partial charge in [0.1, 0.15) is 11.8 Å². The second-order valence-corrected chi connectivity index (χ2v) is 6.27. The van der Waals surface area contributed by atoms with Crippen LogP contribution in [0, 0.1) is 18.3 Å². The third-order valence-electron chi connectivity index (χ3n) is 3.80. The van der Waals surface area contributed by atoms with Crippen LogP contribution in [0.25, 0.3) is 10.9 Å². The number of pyridine rings is 1. The minimum atomic E-state index is -1.00. The molecule has 5 nitrogen and oxygen atoms in total. The van der Waals surface area contributed by atoms with Crippen molar-refractivity contribution in [3.63, 3.8) is 0 Å². The van der Waals surface area contributed by atoms with Gasteiger partial charge < -0.3 is 5.11 Å². The van der Waals surface area contributed by atoms with Gasteiger partial charge in [-0.05, 0) is 56.2 Å². The number of fused-ring (bicyclic) bond motifs is 1. The molecule has 1 N–H and O–H groups in total. The summed E-state index contributed by atoms with van der Waals surface area (Å²) in [6.45, 7) is 5.97. The molecule has 2 heterocycles. The zero-order valence-electron chi connectivity index (χ0n) is 13.4. The van der Waals surface area contributed by atoms with Gasteiger partial charge in [-0.1, -0.05) is 0 Å². The van der Waals surface area contributed by atoms with Gasteiger partial charge in [-0.3, -0.25) is 9.67 Å². The van der Waals surface area contributed by atoms with Crippen molar-refractivity contribution in [2.24, 2.45) is 0 Å². The summed E-state index contributed by atoms with van der Waals surface area (Å²) in [5.74, 6) is 0. The van der Waals surface area contributed by atoms with Crippen molar-refractivity contribution >= 4 is 10.9 Å². The van der Waals surface area contributed by atoms with Crippen LogP contribution in [-0.4, -0.2) is 19.9 Å². The lowest BCUT2D eigenvalue weighted by Gasteiger charge is -2.21. The Bertz CT molecular complexity index is 913. The molecule has 0 aliphatic rings. The van der Waals surface area contributed by atoms with Gasteiger partial charge in [-0.15, -0.1) is 0 Å². The maximum atomic E-state index is 10.5. The van der Waals surface area contributed by atoms with Crippen LogP contribution in [0.5, 0.6) is 0 Å². The van der Waals surface area contributed by atoms with Crippen molar-refractivity contribution < 1.29 is 5.11 Å². The maximum Gasteiger partial charge on any atom is 0.138 e. The molecule has 0 fully saturated rings. The number of nitrogens with zero attached hydrogens (tertiary/aromatic N) is 4. The summed E-state index contributed by atoms with van der Waals surface area (Å²) in [4.78, 5) is 4.48. The number of hydrogen-bond donors (Lipinski definition) is 1. The van der Waals surface area contributed by atoms with E-state index in [0.717, 1.165) is 27.6 Å². The molecule has 3 rings (SSSR count). The summed E-state index contributed by atoms with van der Waals surface area (Å²) in [5.41, 5.74) is 3.12. The van der Waals surface area contributed by atoms with Crippen LogP contribution >= 0.6 is 0 Å². The monoisotopic (exact) mass is 306 g/mol. The fourth-order valence-electron chi connectivity index (χ4n) is 2.71. The van der Waals surface area contributed by atoms with E-state index in [4.69, 9.17) is 5.26 Å². The normalized spacial score (nSPS) is 11.6. The third-order valence-corrected chi connectivity index (χ3v) is 3.80. The third kappa shape index (κ3) is 2.94. The van der Waals surface area contributed by atoms with E-state index >= 15 is 0 Å². The van der Waals surface area contributed by atoms with Crippen molar-refractivity contribution in [3.8, 4) is 6.07 Å². The first-order valence-corrected chi connectivity index (χ1v) is 7.42. The van der Waals surface area contributed by atoms with Gasteiger partial charge in [0.15, 0.2) is 0 Å². The van der Waals surface area contributed by atoms with Gasteiger partial charge in [0.05, 0.1) is 23.9 Å². The zero-order valence-corrected chi connectivity index (χ0v) is 13.4. The molecule has 0 unspecified atom stereocenters. The molecular weight excluding hydrogens is 288 g/mol. The fourth-order valence-corrected chi connectivity index (χ4v) is 2.71. The van der Waals surface area contributed by atoms with Gasteiger partial charge in [0.2, 0.25) is 0 Å². The molecule has 0 bridgehead atoms. The molecule has 0 aliphatic heterocycles. The fraction of sp³-hybridized carbons (Fsp3) is 0.278. The Hall–Kier alpha value is -2.71. The summed E-state index contributed by atoms with van der Waals surface area (Å²) in [7, 11) is 0. The van der Waals surface area contributed by atoms with E-state index in [9.17, 15) is 5.11 Å². The molecule has 0 radical (unpaired) electrons. The number of nitriles is 1. The highest BCUT2D eigenvalue weighted by atomic mass is 16.3. The Balaban J connectivity index is 2.16. The van der Waals surface area contributed by atoms with Crippen LogP contribution in [0.2, 0.25) is 0 Å². The van der Waals surface area contributed by atoms with E-state index in [1.165, 1.54) is 0 Å². The van der Waals surface area contributed by atoms with Gasteiger partial charge in [0, 0.05) is 17.1 Å². The number of rotatable bonds is 3. The summed E-state index contributed by atoms with van der Waals surface area (Å²) in [6, 6.07) is 9.83. The van der Waals surface area contributed by atoms with Gasteiger partial charge in [-0.25, -0.2) is 0 Å². The first-order valence-electron chi connectivity index (χ1n) is 7.42. The molecule has 0 saturated heterocycles. The second kappa shape index (κ2) is 5.49. The molecule has 0 aliphatic carbocycles. The molecule has 116 valence electrons. The van der Waals surface area contributed by atoms with E-state index in [-0.39, 0.29) is 0 Å². The first-order chi connectivity index (χ1) is 10.9. The van der Waals surface area contributed by atoms with E-state index in [2.05, 4.69) is 22.2 Å². The minimum absolute atomic E-state index is 0.475. The zero-order chi connectivity index (χ0) is 16.6. The van der Waals surface area contributed by atoms with Crippen molar-refractivity contribution in [1.82, 2.24) is 14.8 Å². The lowest BCUT2D eigenvalue weighted by Crippen LogP contribution is -2.17. The number of benzene rings is 1. The molecule has 1 aromatic carbocycles. The van der Waals surface area contributed by atoms with Crippen LogP contribution in [0.4, 0.5) is 0 Å². The molecule has 23 heavy (non-hydrogen) atoms. The molecule has 0 amide bonds. The van der Waals surface area contributed by atoms with E-state index in [1.54, 1.807) is 37.0 Å². The largest absolute Gasteiger partial charge is 0.386 e. The molecular formula is C18H18N4O. The maximum absolute atomic E-state index is 10.5. The Morgan fingerprint density at radius 3 is 2.78 bits per heavy atom. The van der Waals surface area contributed by atoms with Crippen LogP contribution in [-0.2, 0) is 12.1 Å². The van der Waals surface area contributed by atoms with E-state index in [0.29, 0.717) is 12.2 Å². The Kier molecular flexibility index (Phi) is 3.63. The molecule has 2 aromatic heterocycles. The summed E-state index contributed by atoms with van der Waals surface area (Å²) >= 11 is 0. The van der Waals surface area contributed by atoms with E-state index < -0.39 is 5.60 Å². The summed E-state index contributed by atoms with van der Waals surface area (Å²) in [5, 5.41) is 24.8. The topological polar surface area (TPSA) is 74.7 Å². The minimum Gasteiger partial charge on any atom is -0.386 e. The van der Waals surface area contributed by atoms with Gasteiger partial charge in [0.25, 0.3) is 0 Å². The number of aromatic nitrogens is 3. The van der Waals surface area contributed by atoms with Crippen LogP contribution < -0.4 is 0 Å². The average molecular weight is 306 g/mol. The molecule has 3 aromatic rings. The molecule has 0 saturated carbocycles. The highest BCUT2D eigenvalue weighted by Crippen LogP contribution is 2.29. The van der Waals surface area contributed by atoms with Crippen molar-refractivity contribution in [3.05, 3.63) is 59.0 Å². The summed E-state index contributed by atoms with van der Waals surface area (Å²) < 4.78 is 1.65. The molecule has 0 atom stereocenters. The van der Waals surface area contributed by atoms with Crippen LogP contribution in [0.15, 0.2) is 36.7 Å². The van der Waals surface area contributed by atoms with Gasteiger partial charge in [-0.2, -0.15) is 10.4 Å². The van der Waals surface area contributed by atoms with Crippen LogP contribution in [0.1, 0.15) is 36.2 Å². The standard InChI is InChI=1S/C18H18N4O/c1-12-6-14-7-13(11-22-15(9-19)4-5-21-22)8-16(18(2,3)23)17(14)20-10-12/h4-8,10,23H,11H2,1-3H3. The number of hydrogen-bond acceptors (Lipinski definition) is 4. The highest BCUT2D eigenvalue weighted by molar-refractivity contribution is 5.84. The number of aliphatic hydroxyl groups is 1. The Morgan fingerprint density at radius 2 is 2.09 bits per heavy atom. The van der Waals surface area contributed by atoms with Gasteiger partial charge >= 0.3 is 0 Å². The average Bonchev–Trinajstić information content (AvgIpc) is 2.92. The Morgan fingerprint density at radius 1 is 1.30 bits per heavy atom. The summed E-state index contributed by atoms with van der Waals surface area (Å²) in [6.07, 6.45) is 3.42. The van der Waals surface area contributed by atoms with Crippen LogP contribution in [0.3, 0.4) is 0 Å². The Labute approximate surface area is 134 Å². The molecule has 5 heteroatoms. The van der Waals surface area contributed by atoms with Crippen molar-refractivity contribution in [1.29, 1.82) is 5.26 Å². The predicted molar refractivity (Wildman–Crippen MR) is 87.8 cm³/mol. The first kappa shape index (κ1) is 15.2. The smallest absolute Gasteiger partial charge is 0.138 e. The lowest BCUT2D eigenvalue weighted by molar-refractivity contribution is 0.0799. The predicted octanol–water partition coefficient (Wildman–Crippen LogP) is 2.89. The highest BCUT2D eigenvalue weighted by Gasteiger charge is 2.21. The molecule has 0 spiro atoms. The SMILES string of the molecule is Cc1cnc2c(C(C)(C)O)cc(Cn3nccc3C#N)cc2c1. The quantitative estimate of drug-likeness (QED) is 0.807.